The first-order valence-electron chi connectivity index (χ1n) is 8.38. The van der Waals surface area contributed by atoms with Gasteiger partial charge in [0.05, 0.1) is 28.3 Å². The van der Waals surface area contributed by atoms with Crippen LogP contribution in [0.3, 0.4) is 0 Å². The van der Waals surface area contributed by atoms with Crippen LogP contribution in [0.2, 0.25) is 5.02 Å². The van der Waals surface area contributed by atoms with E-state index in [1.54, 1.807) is 30.3 Å². The molecule has 0 saturated heterocycles. The van der Waals surface area contributed by atoms with Crippen molar-refractivity contribution in [1.29, 1.82) is 5.41 Å². The molecule has 2 aliphatic heterocycles. The molecule has 0 radical (unpaired) electrons. The van der Waals surface area contributed by atoms with Crippen molar-refractivity contribution in [1.82, 2.24) is 4.90 Å². The number of nitrogens with one attached hydrogen (secondary N) is 1. The predicted octanol–water partition coefficient (Wildman–Crippen LogP) is 3.61. The van der Waals surface area contributed by atoms with Gasteiger partial charge in [-0.1, -0.05) is 30.7 Å². The molecule has 29 heavy (non-hydrogen) atoms. The molecule has 3 heterocycles. The van der Waals surface area contributed by atoms with Gasteiger partial charge in [0, 0.05) is 5.56 Å². The standard InChI is InChI=1S/C18H13ClN4O4S2/c1-2-29(25,26)18-22-28-17-21-16(24)12(15(20)23(17)18)9-10-7-8-14(27-10)11-5-3-4-6-13(11)19/h3-9,20H,2H2,1H3/b12-9-,20-15?. The number of halogens is 1. The smallest absolute Gasteiger partial charge is 0.283 e. The van der Waals surface area contributed by atoms with Crippen molar-refractivity contribution in [3.05, 3.63) is 52.8 Å². The molecule has 0 saturated carbocycles. The highest BCUT2D eigenvalue weighted by Gasteiger charge is 2.42. The van der Waals surface area contributed by atoms with Gasteiger partial charge in [0.15, 0.2) is 0 Å². The fourth-order valence-electron chi connectivity index (χ4n) is 2.71. The number of sulfone groups is 1. The lowest BCUT2D eigenvalue weighted by Crippen LogP contribution is -2.45. The number of carbonyl (C=O) groups is 1. The maximum absolute atomic E-state index is 12.4. The molecule has 2 aromatic rings. The Balaban J connectivity index is 1.71. The summed E-state index contributed by atoms with van der Waals surface area (Å²) in [7, 11) is -3.69. The van der Waals surface area contributed by atoms with E-state index in [1.165, 1.54) is 13.0 Å². The molecule has 0 bridgehead atoms. The van der Waals surface area contributed by atoms with Gasteiger partial charge in [0.2, 0.25) is 20.2 Å². The molecule has 0 atom stereocenters. The van der Waals surface area contributed by atoms with Crippen LogP contribution in [-0.4, -0.2) is 41.1 Å². The zero-order valence-electron chi connectivity index (χ0n) is 14.9. The number of amides is 1. The van der Waals surface area contributed by atoms with Gasteiger partial charge < -0.3 is 4.42 Å². The van der Waals surface area contributed by atoms with E-state index in [2.05, 4.69) is 9.39 Å². The molecule has 2 aliphatic rings. The van der Waals surface area contributed by atoms with Crippen LogP contribution in [0, 0.1) is 5.41 Å². The van der Waals surface area contributed by atoms with Crippen LogP contribution in [-0.2, 0) is 14.6 Å². The molecule has 1 aromatic heterocycles. The van der Waals surface area contributed by atoms with Crippen molar-refractivity contribution in [3.8, 4) is 11.3 Å². The van der Waals surface area contributed by atoms with Crippen molar-refractivity contribution >= 4 is 61.5 Å². The lowest BCUT2D eigenvalue weighted by atomic mass is 10.1. The highest BCUT2D eigenvalue weighted by molar-refractivity contribution is 8.16. The fourth-order valence-corrected chi connectivity index (χ4v) is 4.90. The molecular formula is C18H13ClN4O4S2. The number of amidine groups is 3. The Kier molecular flexibility index (Phi) is 4.93. The SMILES string of the molecule is CCS(=O)(=O)C1=NSC2=NC(=O)/C(=C\c3ccc(-c4ccccc4Cl)o3)C(=N)N21. The predicted molar refractivity (Wildman–Crippen MR) is 114 cm³/mol. The summed E-state index contributed by atoms with van der Waals surface area (Å²) in [6, 6.07) is 10.5. The highest BCUT2D eigenvalue weighted by atomic mass is 35.5. The van der Waals surface area contributed by atoms with Crippen molar-refractivity contribution in [2.75, 3.05) is 5.75 Å². The van der Waals surface area contributed by atoms with Gasteiger partial charge in [-0.25, -0.2) is 13.3 Å². The summed E-state index contributed by atoms with van der Waals surface area (Å²) in [6.07, 6.45) is 1.35. The first kappa shape index (κ1) is 19.6. The van der Waals surface area contributed by atoms with E-state index in [9.17, 15) is 13.2 Å². The zero-order chi connectivity index (χ0) is 20.8. The molecule has 4 rings (SSSR count). The molecule has 1 amide bonds. The number of nitrogens with zero attached hydrogens (tertiary/aromatic N) is 3. The van der Waals surface area contributed by atoms with Crippen molar-refractivity contribution < 1.29 is 17.6 Å². The quantitative estimate of drug-likeness (QED) is 0.566. The van der Waals surface area contributed by atoms with Crippen LogP contribution in [0.5, 0.6) is 0 Å². The Hall–Kier alpha value is -2.69. The third-order valence-electron chi connectivity index (χ3n) is 4.21. The molecule has 8 nitrogen and oxygen atoms in total. The van der Waals surface area contributed by atoms with E-state index in [0.29, 0.717) is 22.1 Å². The summed E-state index contributed by atoms with van der Waals surface area (Å²) in [5, 5.41) is 8.63. The van der Waals surface area contributed by atoms with Crippen LogP contribution in [0.1, 0.15) is 12.7 Å². The first-order valence-corrected chi connectivity index (χ1v) is 11.2. The summed E-state index contributed by atoms with van der Waals surface area (Å²) in [6.45, 7) is 1.48. The van der Waals surface area contributed by atoms with Gasteiger partial charge in [-0.3, -0.25) is 10.2 Å². The Bertz CT molecular complexity index is 1240. The van der Waals surface area contributed by atoms with Gasteiger partial charge in [0.25, 0.3) is 5.91 Å². The summed E-state index contributed by atoms with van der Waals surface area (Å²) in [5.74, 6) is -0.383. The maximum Gasteiger partial charge on any atom is 0.283 e. The minimum Gasteiger partial charge on any atom is -0.457 e. The summed E-state index contributed by atoms with van der Waals surface area (Å²) in [5.41, 5.74) is 0.582. The second-order valence-corrected chi connectivity index (χ2v) is 9.30. The Labute approximate surface area is 175 Å². The zero-order valence-corrected chi connectivity index (χ0v) is 17.3. The van der Waals surface area contributed by atoms with Crippen LogP contribution >= 0.6 is 23.5 Å². The number of hydrogen-bond donors (Lipinski definition) is 1. The number of fused-ring (bicyclic) bond motifs is 1. The normalized spacial score (nSPS) is 18.1. The number of furan rings is 1. The van der Waals surface area contributed by atoms with Gasteiger partial charge in [-0.05, 0) is 30.3 Å². The van der Waals surface area contributed by atoms with Gasteiger partial charge in [-0.15, -0.1) is 0 Å². The van der Waals surface area contributed by atoms with Crippen molar-refractivity contribution in [3.63, 3.8) is 0 Å². The second-order valence-electron chi connectivity index (χ2n) is 5.99. The minimum atomic E-state index is -3.69. The topological polar surface area (TPSA) is 116 Å². The number of hydrogen-bond acceptors (Lipinski definition) is 7. The maximum atomic E-state index is 12.4. The number of carbonyl (C=O) groups excluding carboxylic acids is 1. The fraction of sp³-hybridized carbons (Fsp3) is 0.111. The number of benzene rings is 1. The highest BCUT2D eigenvalue weighted by Crippen LogP contribution is 2.32. The lowest BCUT2D eigenvalue weighted by molar-refractivity contribution is -0.114. The average molecular weight is 449 g/mol. The molecular weight excluding hydrogens is 436 g/mol. The Morgan fingerprint density at radius 1 is 1.28 bits per heavy atom. The van der Waals surface area contributed by atoms with E-state index in [1.807, 2.05) is 6.07 Å². The van der Waals surface area contributed by atoms with Crippen LogP contribution in [0.15, 0.2) is 55.8 Å². The third kappa shape index (κ3) is 3.43. The van der Waals surface area contributed by atoms with E-state index >= 15 is 0 Å². The molecule has 0 aliphatic carbocycles. The first-order chi connectivity index (χ1) is 13.8. The van der Waals surface area contributed by atoms with Gasteiger partial charge in [0.1, 0.15) is 17.4 Å². The van der Waals surface area contributed by atoms with Crippen LogP contribution in [0.4, 0.5) is 0 Å². The number of rotatable bonds is 3. The Morgan fingerprint density at radius 3 is 2.76 bits per heavy atom. The monoisotopic (exact) mass is 448 g/mol. The van der Waals surface area contributed by atoms with E-state index in [-0.39, 0.29) is 27.5 Å². The molecule has 1 aromatic carbocycles. The summed E-state index contributed by atoms with van der Waals surface area (Å²) in [4.78, 5) is 17.3. The molecule has 1 N–H and O–H groups in total. The molecule has 0 fully saturated rings. The average Bonchev–Trinajstić information content (AvgIpc) is 3.33. The number of aliphatic imine (C=N–C) groups is 1. The van der Waals surface area contributed by atoms with Crippen LogP contribution < -0.4 is 0 Å². The van der Waals surface area contributed by atoms with Crippen LogP contribution in [0.25, 0.3) is 17.4 Å². The Morgan fingerprint density at radius 2 is 2.03 bits per heavy atom. The van der Waals surface area contributed by atoms with E-state index < -0.39 is 15.7 Å². The van der Waals surface area contributed by atoms with Crippen molar-refractivity contribution in [2.45, 2.75) is 6.92 Å². The lowest BCUT2D eigenvalue weighted by Gasteiger charge is -2.24. The molecule has 0 spiro atoms. The van der Waals surface area contributed by atoms with Gasteiger partial charge in [-0.2, -0.15) is 9.39 Å². The van der Waals surface area contributed by atoms with Crippen molar-refractivity contribution in [2.24, 2.45) is 9.39 Å². The van der Waals surface area contributed by atoms with E-state index in [0.717, 1.165) is 16.8 Å². The molecule has 11 heteroatoms. The van der Waals surface area contributed by atoms with E-state index in [4.69, 9.17) is 21.4 Å². The third-order valence-corrected chi connectivity index (χ3v) is 6.94. The largest absolute Gasteiger partial charge is 0.457 e. The van der Waals surface area contributed by atoms with Gasteiger partial charge >= 0.3 is 0 Å². The molecule has 0 unspecified atom stereocenters. The molecule has 148 valence electrons. The summed E-state index contributed by atoms with van der Waals surface area (Å²) >= 11 is 6.93. The second kappa shape index (κ2) is 7.29. The summed E-state index contributed by atoms with van der Waals surface area (Å²) < 4.78 is 34.2. The minimum absolute atomic E-state index is 0.0420.